The van der Waals surface area contributed by atoms with Crippen molar-refractivity contribution < 1.29 is 4.74 Å². The lowest BCUT2D eigenvalue weighted by Gasteiger charge is -2.13. The standard InChI is InChI=1S/C16H17NO/c1-11-6-7-15-13(8-11)10-17-16(15)12-4-3-5-14(9-12)18-2/h3-9,16-17H,10H2,1-2H3. The van der Waals surface area contributed by atoms with Crippen LogP contribution >= 0.6 is 0 Å². The predicted octanol–water partition coefficient (Wildman–Crippen LogP) is 3.20. The van der Waals surface area contributed by atoms with Gasteiger partial charge in [0.15, 0.2) is 0 Å². The van der Waals surface area contributed by atoms with E-state index in [0.717, 1.165) is 12.3 Å². The fourth-order valence-corrected chi connectivity index (χ4v) is 2.61. The number of ether oxygens (including phenoxy) is 1. The Hall–Kier alpha value is -1.80. The highest BCUT2D eigenvalue weighted by atomic mass is 16.5. The average Bonchev–Trinajstić information content (AvgIpc) is 2.81. The molecule has 2 aromatic rings. The van der Waals surface area contributed by atoms with Gasteiger partial charge in [0, 0.05) is 6.54 Å². The summed E-state index contributed by atoms with van der Waals surface area (Å²) >= 11 is 0. The lowest BCUT2D eigenvalue weighted by atomic mass is 9.97. The Labute approximate surface area is 108 Å². The monoisotopic (exact) mass is 239 g/mol. The number of aryl methyl sites for hydroxylation is 1. The first-order valence-electron chi connectivity index (χ1n) is 6.24. The molecular weight excluding hydrogens is 222 g/mol. The molecule has 18 heavy (non-hydrogen) atoms. The zero-order valence-corrected chi connectivity index (χ0v) is 10.7. The van der Waals surface area contributed by atoms with Crippen molar-refractivity contribution in [2.45, 2.75) is 19.5 Å². The van der Waals surface area contributed by atoms with Crippen molar-refractivity contribution in [2.24, 2.45) is 0 Å². The van der Waals surface area contributed by atoms with Crippen molar-refractivity contribution in [1.82, 2.24) is 5.32 Å². The SMILES string of the molecule is COc1cccc(C2NCc3cc(C)ccc32)c1. The highest BCUT2D eigenvalue weighted by molar-refractivity contribution is 5.44. The summed E-state index contributed by atoms with van der Waals surface area (Å²) in [6, 6.07) is 15.2. The molecule has 2 heteroatoms. The van der Waals surface area contributed by atoms with Crippen molar-refractivity contribution in [3.05, 3.63) is 64.7 Å². The van der Waals surface area contributed by atoms with Gasteiger partial charge in [0.2, 0.25) is 0 Å². The van der Waals surface area contributed by atoms with E-state index in [1.165, 1.54) is 22.3 Å². The van der Waals surface area contributed by atoms with Crippen LogP contribution in [0.15, 0.2) is 42.5 Å². The van der Waals surface area contributed by atoms with E-state index in [9.17, 15) is 0 Å². The van der Waals surface area contributed by atoms with Crippen LogP contribution in [0, 0.1) is 6.92 Å². The summed E-state index contributed by atoms with van der Waals surface area (Å²) < 4.78 is 5.29. The number of hydrogen-bond acceptors (Lipinski definition) is 2. The maximum Gasteiger partial charge on any atom is 0.119 e. The van der Waals surface area contributed by atoms with Crippen LogP contribution in [0.5, 0.6) is 5.75 Å². The van der Waals surface area contributed by atoms with Crippen LogP contribution < -0.4 is 10.1 Å². The highest BCUT2D eigenvalue weighted by Gasteiger charge is 2.23. The second-order valence-corrected chi connectivity index (χ2v) is 4.79. The van der Waals surface area contributed by atoms with E-state index in [4.69, 9.17) is 4.74 Å². The Balaban J connectivity index is 2.00. The summed E-state index contributed by atoms with van der Waals surface area (Å²) in [5.41, 5.74) is 5.37. The third-order valence-electron chi connectivity index (χ3n) is 3.53. The van der Waals surface area contributed by atoms with Gasteiger partial charge in [0.05, 0.1) is 13.2 Å². The van der Waals surface area contributed by atoms with Gasteiger partial charge in [-0.15, -0.1) is 0 Å². The van der Waals surface area contributed by atoms with Crippen LogP contribution in [0.4, 0.5) is 0 Å². The second-order valence-electron chi connectivity index (χ2n) is 4.79. The number of hydrogen-bond donors (Lipinski definition) is 1. The molecule has 0 saturated heterocycles. The summed E-state index contributed by atoms with van der Waals surface area (Å²) in [7, 11) is 1.71. The molecule has 0 bridgehead atoms. The van der Waals surface area contributed by atoms with Crippen molar-refractivity contribution in [1.29, 1.82) is 0 Å². The van der Waals surface area contributed by atoms with Gasteiger partial charge >= 0.3 is 0 Å². The molecule has 0 saturated carbocycles. The Bertz CT molecular complexity index is 577. The van der Waals surface area contributed by atoms with Crippen LogP contribution in [0.3, 0.4) is 0 Å². The van der Waals surface area contributed by atoms with Gasteiger partial charge in [-0.25, -0.2) is 0 Å². The van der Waals surface area contributed by atoms with Crippen LogP contribution in [0.1, 0.15) is 28.3 Å². The highest BCUT2D eigenvalue weighted by Crippen LogP contribution is 2.32. The van der Waals surface area contributed by atoms with Crippen molar-refractivity contribution in [3.63, 3.8) is 0 Å². The van der Waals surface area contributed by atoms with Gasteiger partial charge in [0.25, 0.3) is 0 Å². The summed E-state index contributed by atoms with van der Waals surface area (Å²) in [5, 5.41) is 3.56. The Morgan fingerprint density at radius 3 is 2.89 bits per heavy atom. The predicted molar refractivity (Wildman–Crippen MR) is 72.9 cm³/mol. The lowest BCUT2D eigenvalue weighted by Crippen LogP contribution is -2.13. The molecule has 0 spiro atoms. The summed E-state index contributed by atoms with van der Waals surface area (Å²) in [6.07, 6.45) is 0. The molecule has 0 aliphatic carbocycles. The first-order valence-corrected chi connectivity index (χ1v) is 6.24. The first-order chi connectivity index (χ1) is 8.78. The molecule has 0 aromatic heterocycles. The molecule has 0 radical (unpaired) electrons. The number of nitrogens with one attached hydrogen (secondary N) is 1. The Kier molecular flexibility index (Phi) is 2.80. The minimum Gasteiger partial charge on any atom is -0.497 e. The van der Waals surface area contributed by atoms with Crippen LogP contribution in [-0.2, 0) is 6.54 Å². The van der Waals surface area contributed by atoms with Gasteiger partial charge in [-0.05, 0) is 35.7 Å². The minimum atomic E-state index is 0.288. The first kappa shape index (κ1) is 11.3. The van der Waals surface area contributed by atoms with Gasteiger partial charge in [-0.2, -0.15) is 0 Å². The quantitative estimate of drug-likeness (QED) is 0.869. The third kappa shape index (κ3) is 1.89. The smallest absolute Gasteiger partial charge is 0.119 e. The maximum atomic E-state index is 5.29. The van der Waals surface area contributed by atoms with E-state index in [-0.39, 0.29) is 6.04 Å². The van der Waals surface area contributed by atoms with Crippen molar-refractivity contribution in [3.8, 4) is 5.75 Å². The number of methoxy groups -OCH3 is 1. The Morgan fingerprint density at radius 1 is 1.17 bits per heavy atom. The van der Waals surface area contributed by atoms with E-state index < -0.39 is 0 Å². The molecule has 2 nitrogen and oxygen atoms in total. The van der Waals surface area contributed by atoms with Crippen molar-refractivity contribution >= 4 is 0 Å². The lowest BCUT2D eigenvalue weighted by molar-refractivity contribution is 0.414. The zero-order chi connectivity index (χ0) is 12.5. The van der Waals surface area contributed by atoms with Gasteiger partial charge in [0.1, 0.15) is 5.75 Å². The van der Waals surface area contributed by atoms with Crippen LogP contribution in [0.2, 0.25) is 0 Å². The normalized spacial score (nSPS) is 17.6. The van der Waals surface area contributed by atoms with Gasteiger partial charge in [-0.3, -0.25) is 0 Å². The van der Waals surface area contributed by atoms with Crippen LogP contribution in [0.25, 0.3) is 0 Å². The number of fused-ring (bicyclic) bond motifs is 1. The minimum absolute atomic E-state index is 0.288. The molecule has 1 atom stereocenters. The van der Waals surface area contributed by atoms with E-state index in [0.29, 0.717) is 0 Å². The van der Waals surface area contributed by atoms with E-state index in [2.05, 4.69) is 42.6 Å². The summed E-state index contributed by atoms with van der Waals surface area (Å²) in [4.78, 5) is 0. The molecule has 0 amide bonds. The molecular formula is C16H17NO. The van der Waals surface area contributed by atoms with Crippen LogP contribution in [-0.4, -0.2) is 7.11 Å². The molecule has 2 aromatic carbocycles. The Morgan fingerprint density at radius 2 is 2.06 bits per heavy atom. The molecule has 1 N–H and O–H groups in total. The molecule has 0 fully saturated rings. The van der Waals surface area contributed by atoms with Gasteiger partial charge in [-0.1, -0.05) is 35.9 Å². The fraction of sp³-hybridized carbons (Fsp3) is 0.250. The molecule has 1 heterocycles. The second kappa shape index (κ2) is 4.46. The largest absolute Gasteiger partial charge is 0.497 e. The summed E-state index contributed by atoms with van der Waals surface area (Å²) in [6.45, 7) is 3.08. The molecule has 3 rings (SSSR count). The molecule has 92 valence electrons. The zero-order valence-electron chi connectivity index (χ0n) is 10.7. The summed E-state index contributed by atoms with van der Waals surface area (Å²) in [5.74, 6) is 0.912. The van der Waals surface area contributed by atoms with Crippen molar-refractivity contribution in [2.75, 3.05) is 7.11 Å². The number of benzene rings is 2. The molecule has 1 aliphatic rings. The third-order valence-corrected chi connectivity index (χ3v) is 3.53. The van der Waals surface area contributed by atoms with E-state index >= 15 is 0 Å². The number of rotatable bonds is 2. The van der Waals surface area contributed by atoms with E-state index in [1.54, 1.807) is 7.11 Å². The molecule has 1 aliphatic heterocycles. The molecule has 1 unspecified atom stereocenters. The van der Waals surface area contributed by atoms with Gasteiger partial charge < -0.3 is 10.1 Å². The average molecular weight is 239 g/mol. The van der Waals surface area contributed by atoms with E-state index in [1.807, 2.05) is 12.1 Å². The topological polar surface area (TPSA) is 21.3 Å². The fourth-order valence-electron chi connectivity index (χ4n) is 2.61. The maximum absolute atomic E-state index is 5.29.